The largest absolute Gasteiger partial charge is 0.460 e. The third-order valence-corrected chi connectivity index (χ3v) is 5.81. The van der Waals surface area contributed by atoms with Crippen LogP contribution in [0.25, 0.3) is 0 Å². The smallest absolute Gasteiger partial charge is 0.334 e. The summed E-state index contributed by atoms with van der Waals surface area (Å²) in [7, 11) is 0. The second kappa shape index (κ2) is 5.76. The molecular weight excluding hydrogens is 304 g/mol. The number of fused-ring (bicyclic) bond motifs is 2. The Morgan fingerprint density at radius 2 is 2.17 bits per heavy atom. The van der Waals surface area contributed by atoms with Crippen LogP contribution in [0.3, 0.4) is 0 Å². The molecule has 0 amide bonds. The van der Waals surface area contributed by atoms with Crippen LogP contribution in [0.4, 0.5) is 0 Å². The van der Waals surface area contributed by atoms with E-state index >= 15 is 0 Å². The molecule has 1 aromatic rings. The summed E-state index contributed by atoms with van der Waals surface area (Å²) in [4.78, 5) is 25.4. The first-order chi connectivity index (χ1) is 11.3. The maximum Gasteiger partial charge on any atom is 0.334 e. The van der Waals surface area contributed by atoms with E-state index in [1.165, 1.54) is 0 Å². The molecule has 1 heterocycles. The van der Waals surface area contributed by atoms with E-state index in [2.05, 4.69) is 6.92 Å². The summed E-state index contributed by atoms with van der Waals surface area (Å²) in [6.07, 6.45) is 6.64. The van der Waals surface area contributed by atoms with Crippen molar-refractivity contribution in [1.29, 1.82) is 0 Å². The average Bonchev–Trinajstić information content (AvgIpc) is 2.94. The zero-order chi connectivity index (χ0) is 17.6. The van der Waals surface area contributed by atoms with Crippen molar-refractivity contribution >= 4 is 11.8 Å². The molecule has 0 fully saturated rings. The van der Waals surface area contributed by atoms with Crippen LogP contribution in [0.15, 0.2) is 34.0 Å². The molecule has 0 spiro atoms. The van der Waals surface area contributed by atoms with E-state index in [1.54, 1.807) is 19.3 Å². The van der Waals surface area contributed by atoms with Crippen LogP contribution in [-0.4, -0.2) is 11.8 Å². The van der Waals surface area contributed by atoms with Gasteiger partial charge in [0.15, 0.2) is 5.76 Å². The van der Waals surface area contributed by atoms with Gasteiger partial charge in [-0.2, -0.15) is 0 Å². The number of hydrogen-bond acceptors (Lipinski definition) is 4. The van der Waals surface area contributed by atoms with Crippen LogP contribution >= 0.6 is 0 Å². The minimum atomic E-state index is -0.527. The van der Waals surface area contributed by atoms with Crippen molar-refractivity contribution < 1.29 is 18.7 Å². The molecule has 0 unspecified atom stereocenters. The van der Waals surface area contributed by atoms with Gasteiger partial charge in [-0.25, -0.2) is 4.79 Å². The second-order valence-electron chi connectivity index (χ2n) is 7.13. The molecule has 0 aromatic carbocycles. The SMILES string of the molecule is C/C=C(\C)C(=O)O[C@@H]1c2c(C)coc2C(=O)C2=CCC[C@H](C)[C@]21C. The Morgan fingerprint density at radius 1 is 1.46 bits per heavy atom. The first-order valence-electron chi connectivity index (χ1n) is 8.49. The molecule has 0 radical (unpaired) electrons. The Kier molecular flexibility index (Phi) is 4.02. The molecule has 128 valence electrons. The molecule has 3 atom stereocenters. The topological polar surface area (TPSA) is 56.5 Å². The van der Waals surface area contributed by atoms with E-state index in [1.807, 2.05) is 26.8 Å². The van der Waals surface area contributed by atoms with Gasteiger partial charge in [-0.15, -0.1) is 0 Å². The Labute approximate surface area is 142 Å². The Bertz CT molecular complexity index is 765. The minimum absolute atomic E-state index is 0.0674. The number of carbonyl (C=O) groups is 2. The van der Waals surface area contributed by atoms with Crippen LogP contribution in [-0.2, 0) is 9.53 Å². The summed E-state index contributed by atoms with van der Waals surface area (Å²) in [6.45, 7) is 9.61. The normalized spacial score (nSPS) is 29.6. The highest BCUT2D eigenvalue weighted by Crippen LogP contribution is 2.57. The number of aryl methyl sites for hydroxylation is 1. The molecule has 2 aliphatic carbocycles. The van der Waals surface area contributed by atoms with Gasteiger partial charge in [0, 0.05) is 22.1 Å². The van der Waals surface area contributed by atoms with Crippen molar-refractivity contribution in [2.24, 2.45) is 11.3 Å². The fourth-order valence-electron chi connectivity index (χ4n) is 3.88. The maximum atomic E-state index is 12.9. The van der Waals surface area contributed by atoms with Crippen molar-refractivity contribution in [3.05, 3.63) is 46.4 Å². The lowest BCUT2D eigenvalue weighted by Gasteiger charge is -2.47. The molecule has 0 bridgehead atoms. The third-order valence-electron chi connectivity index (χ3n) is 5.81. The number of allylic oxidation sites excluding steroid dienone is 2. The highest BCUT2D eigenvalue weighted by molar-refractivity contribution is 6.10. The zero-order valence-electron chi connectivity index (χ0n) is 14.9. The quantitative estimate of drug-likeness (QED) is 0.583. The van der Waals surface area contributed by atoms with Crippen LogP contribution < -0.4 is 0 Å². The predicted molar refractivity (Wildman–Crippen MR) is 90.6 cm³/mol. The molecule has 0 saturated carbocycles. The number of ketones is 1. The third kappa shape index (κ3) is 2.20. The first kappa shape index (κ1) is 16.7. The van der Waals surface area contributed by atoms with Gasteiger partial charge in [0.05, 0.1) is 6.26 Å². The highest BCUT2D eigenvalue weighted by atomic mass is 16.5. The van der Waals surface area contributed by atoms with Crippen molar-refractivity contribution in [1.82, 2.24) is 0 Å². The summed E-state index contributed by atoms with van der Waals surface area (Å²) in [5.74, 6) is 0.137. The van der Waals surface area contributed by atoms with Crippen LogP contribution in [0.5, 0.6) is 0 Å². The molecule has 4 heteroatoms. The average molecular weight is 328 g/mol. The van der Waals surface area contributed by atoms with Gasteiger partial charge in [0.2, 0.25) is 5.78 Å². The van der Waals surface area contributed by atoms with E-state index in [4.69, 9.17) is 9.15 Å². The minimum Gasteiger partial charge on any atom is -0.460 e. The zero-order valence-corrected chi connectivity index (χ0v) is 14.9. The standard InChI is InChI=1S/C20H24O4/c1-6-11(2)19(22)24-18-15-12(3)10-23-17(15)16(21)14-9-7-8-13(4)20(14,18)5/h6,9-10,13,18H,7-8H2,1-5H3/b11-6+/t13-,18+,20+/m0/s1. The van der Waals surface area contributed by atoms with Crippen LogP contribution in [0, 0.1) is 18.3 Å². The summed E-state index contributed by atoms with van der Waals surface area (Å²) in [5.41, 5.74) is 2.34. The number of rotatable bonds is 2. The maximum absolute atomic E-state index is 12.9. The summed E-state index contributed by atoms with van der Waals surface area (Å²) >= 11 is 0. The molecule has 24 heavy (non-hydrogen) atoms. The Hall–Kier alpha value is -2.10. The fourth-order valence-corrected chi connectivity index (χ4v) is 3.88. The lowest BCUT2D eigenvalue weighted by molar-refractivity contribution is -0.153. The van der Waals surface area contributed by atoms with E-state index < -0.39 is 11.5 Å². The number of carbonyl (C=O) groups excluding carboxylic acids is 2. The molecule has 4 nitrogen and oxygen atoms in total. The van der Waals surface area contributed by atoms with Gasteiger partial charge in [-0.1, -0.05) is 26.0 Å². The van der Waals surface area contributed by atoms with Gasteiger partial charge in [-0.3, -0.25) is 4.79 Å². The van der Waals surface area contributed by atoms with Crippen LogP contribution in [0.2, 0.25) is 0 Å². The number of furan rings is 1. The van der Waals surface area contributed by atoms with Crippen LogP contribution in [0.1, 0.15) is 68.3 Å². The van der Waals surface area contributed by atoms with E-state index in [0.29, 0.717) is 11.3 Å². The lowest BCUT2D eigenvalue weighted by Crippen LogP contribution is -2.45. The van der Waals surface area contributed by atoms with Gasteiger partial charge in [0.1, 0.15) is 6.10 Å². The number of esters is 1. The number of ether oxygens (including phenoxy) is 1. The molecule has 0 saturated heterocycles. The fraction of sp³-hybridized carbons (Fsp3) is 0.500. The monoisotopic (exact) mass is 328 g/mol. The van der Waals surface area contributed by atoms with E-state index in [-0.39, 0.29) is 17.7 Å². The summed E-state index contributed by atoms with van der Waals surface area (Å²) in [5, 5.41) is 0. The van der Waals surface area contributed by atoms with Crippen molar-refractivity contribution in [2.75, 3.05) is 0 Å². The van der Waals surface area contributed by atoms with Crippen molar-refractivity contribution in [3.8, 4) is 0 Å². The number of hydrogen-bond donors (Lipinski definition) is 0. The molecular formula is C20H24O4. The first-order valence-corrected chi connectivity index (χ1v) is 8.49. The highest BCUT2D eigenvalue weighted by Gasteiger charge is 2.55. The predicted octanol–water partition coefficient (Wildman–Crippen LogP) is 4.70. The Balaban J connectivity index is 2.18. The second-order valence-corrected chi connectivity index (χ2v) is 7.13. The molecule has 0 N–H and O–H groups in total. The van der Waals surface area contributed by atoms with Gasteiger partial charge >= 0.3 is 5.97 Å². The molecule has 3 rings (SSSR count). The molecule has 0 aliphatic heterocycles. The van der Waals surface area contributed by atoms with Gasteiger partial charge in [0.25, 0.3) is 0 Å². The van der Waals surface area contributed by atoms with E-state index in [0.717, 1.165) is 29.5 Å². The summed E-state index contributed by atoms with van der Waals surface area (Å²) < 4.78 is 11.5. The number of Topliss-reactive ketones (excluding diaryl/α,β-unsaturated/α-hetero) is 1. The summed E-state index contributed by atoms with van der Waals surface area (Å²) in [6, 6.07) is 0. The molecule has 2 aliphatic rings. The van der Waals surface area contributed by atoms with Crippen molar-refractivity contribution in [2.45, 2.75) is 53.6 Å². The van der Waals surface area contributed by atoms with Crippen molar-refractivity contribution in [3.63, 3.8) is 0 Å². The molecule has 1 aromatic heterocycles. The lowest BCUT2D eigenvalue weighted by atomic mass is 9.58. The van der Waals surface area contributed by atoms with Gasteiger partial charge in [-0.05, 0) is 45.1 Å². The van der Waals surface area contributed by atoms with Gasteiger partial charge < -0.3 is 9.15 Å². The van der Waals surface area contributed by atoms with E-state index in [9.17, 15) is 9.59 Å². The Morgan fingerprint density at radius 3 is 2.83 bits per heavy atom.